The number of carbonyl (C=O) groups is 2. The van der Waals surface area contributed by atoms with Gasteiger partial charge in [-0.1, -0.05) is 6.07 Å². The van der Waals surface area contributed by atoms with Gasteiger partial charge in [0.1, 0.15) is 0 Å². The largest absolute Gasteiger partial charge is 0.326 e. The van der Waals surface area contributed by atoms with Gasteiger partial charge in [0.25, 0.3) is 0 Å². The van der Waals surface area contributed by atoms with E-state index >= 15 is 0 Å². The van der Waals surface area contributed by atoms with Gasteiger partial charge in [0.05, 0.1) is 5.41 Å². The molecule has 0 aromatic heterocycles. The van der Waals surface area contributed by atoms with E-state index in [1.807, 2.05) is 24.3 Å². The Kier molecular flexibility index (Phi) is 3.66. The lowest BCUT2D eigenvalue weighted by Gasteiger charge is -2.55. The standard InChI is InChI=1S/C20H26N2O2/c1-13(23)22(2)18-5-3-4-17(9-18)21-19(24)20-10-14-6-15(11-20)8-16(7-14)12-20/h3-5,9,14-16H,6-8,10-12H2,1-2H3,(H,21,24). The van der Waals surface area contributed by atoms with Crippen molar-refractivity contribution in [2.24, 2.45) is 23.2 Å². The Morgan fingerprint density at radius 3 is 2.21 bits per heavy atom. The first-order valence-corrected chi connectivity index (χ1v) is 9.11. The minimum absolute atomic E-state index is 0.0143. The number of rotatable bonds is 3. The monoisotopic (exact) mass is 326 g/mol. The van der Waals surface area contributed by atoms with E-state index in [-0.39, 0.29) is 17.2 Å². The highest BCUT2D eigenvalue weighted by atomic mass is 16.2. The summed E-state index contributed by atoms with van der Waals surface area (Å²) in [6.07, 6.45) is 7.22. The highest BCUT2D eigenvalue weighted by Gasteiger charge is 2.54. The first kappa shape index (κ1) is 15.7. The van der Waals surface area contributed by atoms with E-state index in [2.05, 4.69) is 5.32 Å². The van der Waals surface area contributed by atoms with Gasteiger partial charge in [-0.15, -0.1) is 0 Å². The summed E-state index contributed by atoms with van der Waals surface area (Å²) in [5, 5.41) is 3.16. The summed E-state index contributed by atoms with van der Waals surface area (Å²) in [7, 11) is 1.75. The van der Waals surface area contributed by atoms with Gasteiger partial charge in [0, 0.05) is 25.3 Å². The number of anilines is 2. The molecule has 4 saturated carbocycles. The number of carbonyl (C=O) groups excluding carboxylic acids is 2. The quantitative estimate of drug-likeness (QED) is 0.918. The van der Waals surface area contributed by atoms with E-state index in [9.17, 15) is 9.59 Å². The third kappa shape index (κ3) is 2.62. The molecule has 0 aliphatic heterocycles. The predicted molar refractivity (Wildman–Crippen MR) is 94.8 cm³/mol. The minimum atomic E-state index is -0.142. The van der Waals surface area contributed by atoms with Gasteiger partial charge < -0.3 is 10.2 Å². The molecule has 4 nitrogen and oxygen atoms in total. The molecule has 4 heteroatoms. The molecular formula is C20H26N2O2. The van der Waals surface area contributed by atoms with Crippen molar-refractivity contribution >= 4 is 23.2 Å². The van der Waals surface area contributed by atoms with Gasteiger partial charge in [-0.2, -0.15) is 0 Å². The first-order chi connectivity index (χ1) is 11.4. The highest BCUT2D eigenvalue weighted by molar-refractivity contribution is 5.97. The van der Waals surface area contributed by atoms with Crippen LogP contribution in [0.2, 0.25) is 0 Å². The molecule has 4 fully saturated rings. The molecular weight excluding hydrogens is 300 g/mol. The fraction of sp³-hybridized carbons (Fsp3) is 0.600. The number of hydrogen-bond donors (Lipinski definition) is 1. The number of hydrogen-bond acceptors (Lipinski definition) is 2. The predicted octanol–water partition coefficient (Wildman–Crippen LogP) is 3.82. The third-order valence-electron chi connectivity index (χ3n) is 6.48. The van der Waals surface area contributed by atoms with Crippen molar-refractivity contribution in [1.82, 2.24) is 0 Å². The van der Waals surface area contributed by atoms with E-state index in [4.69, 9.17) is 0 Å². The van der Waals surface area contributed by atoms with E-state index in [0.717, 1.165) is 48.4 Å². The zero-order chi connectivity index (χ0) is 16.9. The van der Waals surface area contributed by atoms with Gasteiger partial charge in [-0.05, 0) is 74.5 Å². The maximum atomic E-state index is 13.1. The molecule has 24 heavy (non-hydrogen) atoms. The fourth-order valence-electron chi connectivity index (χ4n) is 5.63. The second-order valence-corrected chi connectivity index (χ2v) is 8.28. The van der Waals surface area contributed by atoms with Crippen LogP contribution in [0.4, 0.5) is 11.4 Å². The van der Waals surface area contributed by atoms with E-state index in [0.29, 0.717) is 0 Å². The average molecular weight is 326 g/mol. The molecule has 0 atom stereocenters. The van der Waals surface area contributed by atoms with Crippen LogP contribution in [0.3, 0.4) is 0 Å². The third-order valence-corrected chi connectivity index (χ3v) is 6.48. The lowest BCUT2D eigenvalue weighted by molar-refractivity contribution is -0.140. The minimum Gasteiger partial charge on any atom is -0.326 e. The van der Waals surface area contributed by atoms with Gasteiger partial charge >= 0.3 is 0 Å². The fourth-order valence-corrected chi connectivity index (χ4v) is 5.63. The zero-order valence-electron chi connectivity index (χ0n) is 14.5. The summed E-state index contributed by atoms with van der Waals surface area (Å²) in [5.41, 5.74) is 1.46. The second-order valence-electron chi connectivity index (χ2n) is 8.28. The number of nitrogens with zero attached hydrogens (tertiary/aromatic N) is 1. The number of benzene rings is 1. The van der Waals surface area contributed by atoms with Crippen LogP contribution in [-0.4, -0.2) is 18.9 Å². The van der Waals surface area contributed by atoms with Crippen LogP contribution in [0.15, 0.2) is 24.3 Å². The van der Waals surface area contributed by atoms with Crippen LogP contribution >= 0.6 is 0 Å². The molecule has 4 aliphatic carbocycles. The topological polar surface area (TPSA) is 49.4 Å². The molecule has 1 N–H and O–H groups in total. The lowest BCUT2D eigenvalue weighted by atomic mass is 9.49. The van der Waals surface area contributed by atoms with Crippen LogP contribution in [0, 0.1) is 23.2 Å². The van der Waals surface area contributed by atoms with Crippen LogP contribution in [0.1, 0.15) is 45.4 Å². The molecule has 5 rings (SSSR count). The Hall–Kier alpha value is -1.84. The van der Waals surface area contributed by atoms with Crippen LogP contribution in [-0.2, 0) is 9.59 Å². The Bertz CT molecular complexity index is 647. The Morgan fingerprint density at radius 2 is 1.67 bits per heavy atom. The average Bonchev–Trinajstić information content (AvgIpc) is 2.53. The number of amides is 2. The molecule has 128 valence electrons. The van der Waals surface area contributed by atoms with Crippen molar-refractivity contribution in [1.29, 1.82) is 0 Å². The van der Waals surface area contributed by atoms with Crippen LogP contribution in [0.5, 0.6) is 0 Å². The smallest absolute Gasteiger partial charge is 0.230 e. The Morgan fingerprint density at radius 1 is 1.08 bits per heavy atom. The molecule has 0 saturated heterocycles. The van der Waals surface area contributed by atoms with Crippen molar-refractivity contribution in [2.75, 3.05) is 17.3 Å². The van der Waals surface area contributed by atoms with Crippen molar-refractivity contribution < 1.29 is 9.59 Å². The van der Waals surface area contributed by atoms with E-state index < -0.39 is 0 Å². The molecule has 1 aromatic carbocycles. The molecule has 2 amide bonds. The first-order valence-electron chi connectivity index (χ1n) is 9.11. The van der Waals surface area contributed by atoms with Gasteiger partial charge in [-0.3, -0.25) is 9.59 Å². The molecule has 4 bridgehead atoms. The zero-order valence-corrected chi connectivity index (χ0v) is 14.5. The summed E-state index contributed by atoms with van der Waals surface area (Å²) >= 11 is 0. The summed E-state index contributed by atoms with van der Waals surface area (Å²) in [6, 6.07) is 7.58. The highest BCUT2D eigenvalue weighted by Crippen LogP contribution is 2.60. The van der Waals surface area contributed by atoms with Crippen molar-refractivity contribution in [3.05, 3.63) is 24.3 Å². The Balaban J connectivity index is 1.52. The summed E-state index contributed by atoms with van der Waals surface area (Å²) in [6.45, 7) is 1.54. The second kappa shape index (κ2) is 5.61. The van der Waals surface area contributed by atoms with Crippen LogP contribution < -0.4 is 10.2 Å². The molecule has 4 aliphatic rings. The van der Waals surface area contributed by atoms with Crippen molar-refractivity contribution in [2.45, 2.75) is 45.4 Å². The molecule has 0 unspecified atom stereocenters. The van der Waals surface area contributed by atoms with Crippen molar-refractivity contribution in [3.63, 3.8) is 0 Å². The van der Waals surface area contributed by atoms with Crippen LogP contribution in [0.25, 0.3) is 0 Å². The number of nitrogens with one attached hydrogen (secondary N) is 1. The van der Waals surface area contributed by atoms with Gasteiger partial charge in [0.2, 0.25) is 11.8 Å². The lowest BCUT2D eigenvalue weighted by Crippen LogP contribution is -2.51. The Labute approximate surface area is 143 Å². The SMILES string of the molecule is CC(=O)N(C)c1cccc(NC(=O)C23CC4CC(CC(C4)C2)C3)c1. The molecule has 0 radical (unpaired) electrons. The van der Waals surface area contributed by atoms with E-state index in [1.54, 1.807) is 18.9 Å². The van der Waals surface area contributed by atoms with Gasteiger partial charge in [0.15, 0.2) is 0 Å². The molecule has 0 spiro atoms. The summed E-state index contributed by atoms with van der Waals surface area (Å²) < 4.78 is 0. The maximum Gasteiger partial charge on any atom is 0.230 e. The summed E-state index contributed by atoms with van der Waals surface area (Å²) in [5.74, 6) is 2.47. The van der Waals surface area contributed by atoms with Crippen molar-refractivity contribution in [3.8, 4) is 0 Å². The normalized spacial score (nSPS) is 33.3. The molecule has 1 aromatic rings. The van der Waals surface area contributed by atoms with Gasteiger partial charge in [-0.25, -0.2) is 0 Å². The summed E-state index contributed by atoms with van der Waals surface area (Å²) in [4.78, 5) is 26.2. The maximum absolute atomic E-state index is 13.1. The molecule has 0 heterocycles. The van der Waals surface area contributed by atoms with E-state index in [1.165, 1.54) is 19.3 Å².